The first kappa shape index (κ1) is 15.9. The van der Waals surface area contributed by atoms with Crippen molar-refractivity contribution in [1.29, 1.82) is 0 Å². The summed E-state index contributed by atoms with van der Waals surface area (Å²) < 4.78 is 32.0. The first-order valence-electron chi connectivity index (χ1n) is 6.93. The number of hydrogen-bond acceptors (Lipinski definition) is 5. The van der Waals surface area contributed by atoms with Crippen LogP contribution in [-0.2, 0) is 14.8 Å². The molecule has 1 aliphatic heterocycles. The Morgan fingerprint density at radius 1 is 1.19 bits per heavy atom. The second-order valence-electron chi connectivity index (χ2n) is 4.98. The molecule has 6 nitrogen and oxygen atoms in total. The highest BCUT2D eigenvalue weighted by molar-refractivity contribution is 7.89. The zero-order valence-electron chi connectivity index (χ0n) is 12.3. The Morgan fingerprint density at radius 3 is 2.43 bits per heavy atom. The fourth-order valence-corrected chi connectivity index (χ4v) is 3.65. The fourth-order valence-electron chi connectivity index (χ4n) is 2.11. The summed E-state index contributed by atoms with van der Waals surface area (Å²) in [5.41, 5.74) is 0. The maximum atomic E-state index is 12.7. The number of ether oxygens (including phenoxy) is 1. The molecule has 0 radical (unpaired) electrons. The van der Waals surface area contributed by atoms with Crippen LogP contribution >= 0.6 is 0 Å². The van der Waals surface area contributed by atoms with Crippen LogP contribution in [0.1, 0.15) is 13.3 Å². The lowest BCUT2D eigenvalue weighted by molar-refractivity contribution is -0.134. The molecule has 0 spiro atoms. The summed E-state index contributed by atoms with van der Waals surface area (Å²) in [5, 5.41) is 0. The maximum Gasteiger partial charge on any atom is 0.310 e. The molecule has 2 rings (SSSR count). The van der Waals surface area contributed by atoms with E-state index in [1.165, 1.54) is 16.4 Å². The minimum Gasteiger partial charge on any atom is -0.425 e. The van der Waals surface area contributed by atoms with Crippen molar-refractivity contribution in [3.63, 3.8) is 0 Å². The summed E-state index contributed by atoms with van der Waals surface area (Å²) in [4.78, 5) is 13.6. The third kappa shape index (κ3) is 3.61. The lowest BCUT2D eigenvalue weighted by atomic mass is 10.3. The summed E-state index contributed by atoms with van der Waals surface area (Å²) in [6, 6.07) is 6.27. The van der Waals surface area contributed by atoms with Crippen LogP contribution in [0.25, 0.3) is 0 Å². The summed E-state index contributed by atoms with van der Waals surface area (Å²) in [6.45, 7) is 3.93. The Hall–Kier alpha value is -1.44. The molecule has 0 saturated carbocycles. The van der Waals surface area contributed by atoms with Crippen LogP contribution < -0.4 is 4.74 Å². The van der Waals surface area contributed by atoms with E-state index in [1.807, 2.05) is 7.05 Å². The van der Waals surface area contributed by atoms with Crippen LogP contribution in [0.5, 0.6) is 5.75 Å². The molecule has 1 aromatic carbocycles. The molecular formula is C14H20N2O4S. The standard InChI is InChI=1S/C14H20N2O4S/c1-3-14(17)20-12-6-4-5-7-13(12)21(18,19)16-10-8-15(2)9-11-16/h4-7H,3,8-11H2,1-2H3. The van der Waals surface area contributed by atoms with Gasteiger partial charge in [0.25, 0.3) is 0 Å². The van der Waals surface area contributed by atoms with Crippen molar-refractivity contribution in [3.8, 4) is 5.75 Å². The van der Waals surface area contributed by atoms with Crippen LogP contribution in [0.15, 0.2) is 29.2 Å². The van der Waals surface area contributed by atoms with Gasteiger partial charge in [0, 0.05) is 32.6 Å². The number of carbonyl (C=O) groups excluding carboxylic acids is 1. The highest BCUT2D eigenvalue weighted by atomic mass is 32.2. The van der Waals surface area contributed by atoms with Gasteiger partial charge in [0.15, 0.2) is 5.75 Å². The van der Waals surface area contributed by atoms with Crippen molar-refractivity contribution in [3.05, 3.63) is 24.3 Å². The number of benzene rings is 1. The van der Waals surface area contributed by atoms with Gasteiger partial charge in [0.1, 0.15) is 4.90 Å². The molecule has 0 aliphatic carbocycles. The molecule has 1 heterocycles. The number of rotatable bonds is 4. The number of esters is 1. The minimum atomic E-state index is -3.64. The number of hydrogen-bond donors (Lipinski definition) is 0. The van der Waals surface area contributed by atoms with Gasteiger partial charge in [-0.05, 0) is 19.2 Å². The number of nitrogens with zero attached hydrogens (tertiary/aromatic N) is 2. The predicted octanol–water partition coefficient (Wildman–Crippen LogP) is 0.938. The van der Waals surface area contributed by atoms with Gasteiger partial charge in [-0.25, -0.2) is 8.42 Å². The first-order chi connectivity index (χ1) is 9.95. The van der Waals surface area contributed by atoms with E-state index in [4.69, 9.17) is 4.74 Å². The molecular weight excluding hydrogens is 292 g/mol. The van der Waals surface area contributed by atoms with Gasteiger partial charge in [0.05, 0.1) is 0 Å². The zero-order valence-corrected chi connectivity index (χ0v) is 13.1. The third-order valence-corrected chi connectivity index (χ3v) is 5.38. The van der Waals surface area contributed by atoms with E-state index in [9.17, 15) is 13.2 Å². The summed E-state index contributed by atoms with van der Waals surface area (Å²) >= 11 is 0. The van der Waals surface area contributed by atoms with E-state index >= 15 is 0 Å². The largest absolute Gasteiger partial charge is 0.425 e. The van der Waals surface area contributed by atoms with E-state index in [0.717, 1.165) is 0 Å². The van der Waals surface area contributed by atoms with Crippen molar-refractivity contribution in [1.82, 2.24) is 9.21 Å². The molecule has 1 aliphatic rings. The predicted molar refractivity (Wildman–Crippen MR) is 78.6 cm³/mol. The monoisotopic (exact) mass is 312 g/mol. The van der Waals surface area contributed by atoms with E-state index in [1.54, 1.807) is 19.1 Å². The minimum absolute atomic E-state index is 0.0522. The number of para-hydroxylation sites is 1. The van der Waals surface area contributed by atoms with E-state index in [-0.39, 0.29) is 17.1 Å². The lowest BCUT2D eigenvalue weighted by Gasteiger charge is -2.31. The number of sulfonamides is 1. The Labute approximate surface area is 125 Å². The molecule has 21 heavy (non-hydrogen) atoms. The normalized spacial score (nSPS) is 17.6. The molecule has 116 valence electrons. The Bertz CT molecular complexity index is 607. The van der Waals surface area contributed by atoms with E-state index in [2.05, 4.69) is 4.90 Å². The number of carbonyl (C=O) groups is 1. The second kappa shape index (κ2) is 6.55. The topological polar surface area (TPSA) is 66.9 Å². The molecule has 0 bridgehead atoms. The van der Waals surface area contributed by atoms with Gasteiger partial charge in [-0.2, -0.15) is 4.31 Å². The SMILES string of the molecule is CCC(=O)Oc1ccccc1S(=O)(=O)N1CCN(C)CC1. The van der Waals surface area contributed by atoms with Gasteiger partial charge >= 0.3 is 5.97 Å². The Kier molecular flexibility index (Phi) is 4.97. The second-order valence-corrected chi connectivity index (χ2v) is 6.89. The van der Waals surface area contributed by atoms with E-state index in [0.29, 0.717) is 26.2 Å². The van der Waals surface area contributed by atoms with Crippen LogP contribution in [0.4, 0.5) is 0 Å². The van der Waals surface area contributed by atoms with Crippen LogP contribution in [0, 0.1) is 0 Å². The molecule has 0 unspecified atom stereocenters. The quantitative estimate of drug-likeness (QED) is 0.611. The molecule has 1 fully saturated rings. The smallest absolute Gasteiger partial charge is 0.310 e. The van der Waals surface area contributed by atoms with Gasteiger partial charge < -0.3 is 9.64 Å². The Morgan fingerprint density at radius 2 is 1.81 bits per heavy atom. The summed E-state index contributed by atoms with van der Waals surface area (Å²) in [6.07, 6.45) is 0.197. The van der Waals surface area contributed by atoms with Crippen molar-refractivity contribution < 1.29 is 17.9 Å². The first-order valence-corrected chi connectivity index (χ1v) is 8.37. The van der Waals surface area contributed by atoms with Crippen molar-refractivity contribution in [2.75, 3.05) is 33.2 Å². The average Bonchev–Trinajstić information content (AvgIpc) is 2.48. The third-order valence-electron chi connectivity index (χ3n) is 3.44. The molecule has 1 aromatic rings. The van der Waals surface area contributed by atoms with Crippen molar-refractivity contribution in [2.45, 2.75) is 18.2 Å². The molecule has 0 atom stereocenters. The average molecular weight is 312 g/mol. The maximum absolute atomic E-state index is 12.7. The van der Waals surface area contributed by atoms with Gasteiger partial charge in [0.2, 0.25) is 10.0 Å². The van der Waals surface area contributed by atoms with Crippen molar-refractivity contribution >= 4 is 16.0 Å². The lowest BCUT2D eigenvalue weighted by Crippen LogP contribution is -2.47. The van der Waals surface area contributed by atoms with Crippen LogP contribution in [0.2, 0.25) is 0 Å². The van der Waals surface area contributed by atoms with Crippen LogP contribution in [-0.4, -0.2) is 56.8 Å². The zero-order chi connectivity index (χ0) is 15.5. The summed E-state index contributed by atoms with van der Waals surface area (Å²) in [7, 11) is -1.68. The van der Waals surface area contributed by atoms with Crippen molar-refractivity contribution in [2.24, 2.45) is 0 Å². The highest BCUT2D eigenvalue weighted by Crippen LogP contribution is 2.27. The molecule has 7 heteroatoms. The van der Waals surface area contributed by atoms with Crippen LogP contribution in [0.3, 0.4) is 0 Å². The van der Waals surface area contributed by atoms with Gasteiger partial charge in [-0.15, -0.1) is 0 Å². The fraction of sp³-hybridized carbons (Fsp3) is 0.500. The summed E-state index contributed by atoms with van der Waals surface area (Å²) in [5.74, 6) is -0.348. The van der Waals surface area contributed by atoms with Gasteiger partial charge in [-0.1, -0.05) is 19.1 Å². The number of piperazine rings is 1. The number of likely N-dealkylation sites (N-methyl/N-ethyl adjacent to an activating group) is 1. The molecule has 0 aromatic heterocycles. The van der Waals surface area contributed by atoms with Gasteiger partial charge in [-0.3, -0.25) is 4.79 Å². The molecule has 0 N–H and O–H groups in total. The molecule has 0 amide bonds. The Balaban J connectivity index is 2.29. The highest BCUT2D eigenvalue weighted by Gasteiger charge is 2.30. The molecule has 1 saturated heterocycles. The van der Waals surface area contributed by atoms with E-state index < -0.39 is 16.0 Å².